The van der Waals surface area contributed by atoms with E-state index in [4.69, 9.17) is 5.26 Å². The van der Waals surface area contributed by atoms with Crippen molar-refractivity contribution in [3.63, 3.8) is 0 Å². The van der Waals surface area contributed by atoms with Gasteiger partial charge in [0.2, 0.25) is 0 Å². The molecule has 1 aromatic rings. The van der Waals surface area contributed by atoms with Crippen LogP contribution in [0.5, 0.6) is 0 Å². The van der Waals surface area contributed by atoms with E-state index in [0.29, 0.717) is 6.42 Å². The van der Waals surface area contributed by atoms with Gasteiger partial charge >= 0.3 is 0 Å². The fourth-order valence-corrected chi connectivity index (χ4v) is 1.48. The van der Waals surface area contributed by atoms with Gasteiger partial charge in [0.25, 0.3) is 0 Å². The highest BCUT2D eigenvalue weighted by molar-refractivity contribution is 5.88. The van der Waals surface area contributed by atoms with E-state index in [-0.39, 0.29) is 5.78 Å². The topological polar surface area (TPSA) is 40.9 Å². The first kappa shape index (κ1) is 11.5. The fourth-order valence-electron chi connectivity index (χ4n) is 1.48. The quantitative estimate of drug-likeness (QED) is 0.751. The summed E-state index contributed by atoms with van der Waals surface area (Å²) in [6.45, 7) is 3.93. The summed E-state index contributed by atoms with van der Waals surface area (Å²) in [4.78, 5) is 11.6. The van der Waals surface area contributed by atoms with E-state index < -0.39 is 5.92 Å². The van der Waals surface area contributed by atoms with Crippen molar-refractivity contribution >= 4 is 5.78 Å². The minimum atomic E-state index is -0.592. The lowest BCUT2D eigenvalue weighted by molar-refractivity contribution is -0.119. The van der Waals surface area contributed by atoms with Crippen LogP contribution >= 0.6 is 0 Å². The predicted octanol–water partition coefficient (Wildman–Crippen LogP) is 2.97. The molecule has 0 heterocycles. The molecular formula is C13H15NO. The SMILES string of the molecule is CCCC(=O)C(C#N)c1ccc(C)cc1. The van der Waals surface area contributed by atoms with Gasteiger partial charge in [-0.05, 0) is 18.9 Å². The Kier molecular flexibility index (Phi) is 4.05. The predicted molar refractivity (Wildman–Crippen MR) is 59.4 cm³/mol. The first-order chi connectivity index (χ1) is 7.19. The highest BCUT2D eigenvalue weighted by Gasteiger charge is 2.18. The number of aryl methyl sites for hydroxylation is 1. The van der Waals surface area contributed by atoms with E-state index in [1.165, 1.54) is 0 Å². The van der Waals surface area contributed by atoms with Gasteiger partial charge in [-0.15, -0.1) is 0 Å². The molecule has 0 saturated heterocycles. The second-order valence-corrected chi connectivity index (χ2v) is 3.69. The van der Waals surface area contributed by atoms with E-state index in [0.717, 1.165) is 17.5 Å². The molecule has 0 radical (unpaired) electrons. The number of Topliss-reactive ketones (excluding diaryl/α,β-unsaturated/α-hetero) is 1. The summed E-state index contributed by atoms with van der Waals surface area (Å²) in [6.07, 6.45) is 1.27. The van der Waals surface area contributed by atoms with Crippen molar-refractivity contribution in [1.29, 1.82) is 5.26 Å². The third-order valence-corrected chi connectivity index (χ3v) is 2.36. The van der Waals surface area contributed by atoms with Gasteiger partial charge in [-0.3, -0.25) is 4.79 Å². The lowest BCUT2D eigenvalue weighted by Crippen LogP contribution is -2.10. The average molecular weight is 201 g/mol. The van der Waals surface area contributed by atoms with Crippen LogP contribution in [0.15, 0.2) is 24.3 Å². The van der Waals surface area contributed by atoms with Crippen LogP contribution in [0.3, 0.4) is 0 Å². The molecule has 0 aliphatic rings. The highest BCUT2D eigenvalue weighted by atomic mass is 16.1. The van der Waals surface area contributed by atoms with Crippen LogP contribution in [0.2, 0.25) is 0 Å². The third kappa shape index (κ3) is 2.92. The Labute approximate surface area is 90.5 Å². The number of nitriles is 1. The van der Waals surface area contributed by atoms with Gasteiger partial charge in [0.15, 0.2) is 5.78 Å². The van der Waals surface area contributed by atoms with E-state index in [2.05, 4.69) is 6.07 Å². The number of ketones is 1. The molecule has 0 saturated carbocycles. The minimum absolute atomic E-state index is 0.0175. The first-order valence-corrected chi connectivity index (χ1v) is 5.18. The normalized spacial score (nSPS) is 11.8. The molecule has 1 atom stereocenters. The number of rotatable bonds is 4. The Bertz CT molecular complexity index is 373. The number of carbonyl (C=O) groups excluding carboxylic acids is 1. The van der Waals surface area contributed by atoms with Gasteiger partial charge < -0.3 is 0 Å². The summed E-state index contributed by atoms with van der Waals surface area (Å²) >= 11 is 0. The molecular weight excluding hydrogens is 186 g/mol. The Hall–Kier alpha value is -1.62. The molecule has 15 heavy (non-hydrogen) atoms. The Morgan fingerprint density at radius 3 is 2.47 bits per heavy atom. The van der Waals surface area contributed by atoms with E-state index >= 15 is 0 Å². The first-order valence-electron chi connectivity index (χ1n) is 5.18. The van der Waals surface area contributed by atoms with Crippen molar-refractivity contribution < 1.29 is 4.79 Å². The number of hydrogen-bond acceptors (Lipinski definition) is 2. The van der Waals surface area contributed by atoms with Crippen LogP contribution in [-0.2, 0) is 4.79 Å². The van der Waals surface area contributed by atoms with Crippen LogP contribution in [0.4, 0.5) is 0 Å². The van der Waals surface area contributed by atoms with Crippen LogP contribution in [0.1, 0.15) is 36.8 Å². The standard InChI is InChI=1S/C13H15NO/c1-3-4-13(15)12(9-14)11-7-5-10(2)6-8-11/h5-8,12H,3-4H2,1-2H3. The van der Waals surface area contributed by atoms with Gasteiger partial charge in [0.05, 0.1) is 6.07 Å². The Morgan fingerprint density at radius 1 is 1.40 bits per heavy atom. The summed E-state index contributed by atoms with van der Waals surface area (Å²) in [5, 5.41) is 8.97. The maximum atomic E-state index is 11.6. The third-order valence-electron chi connectivity index (χ3n) is 2.36. The molecule has 0 bridgehead atoms. The van der Waals surface area contributed by atoms with Crippen molar-refractivity contribution in [2.45, 2.75) is 32.6 Å². The molecule has 1 rings (SSSR count). The summed E-state index contributed by atoms with van der Waals surface area (Å²) in [7, 11) is 0. The fraction of sp³-hybridized carbons (Fsp3) is 0.385. The van der Waals surface area contributed by atoms with Crippen molar-refractivity contribution in [3.8, 4) is 6.07 Å². The maximum Gasteiger partial charge on any atom is 0.154 e. The molecule has 0 N–H and O–H groups in total. The second kappa shape index (κ2) is 5.31. The summed E-state index contributed by atoms with van der Waals surface area (Å²) in [5.41, 5.74) is 1.94. The molecule has 2 heteroatoms. The lowest BCUT2D eigenvalue weighted by Gasteiger charge is -2.07. The van der Waals surface area contributed by atoms with E-state index in [9.17, 15) is 4.79 Å². The van der Waals surface area contributed by atoms with Crippen LogP contribution in [0, 0.1) is 18.3 Å². The molecule has 0 aromatic heterocycles. The zero-order valence-electron chi connectivity index (χ0n) is 9.16. The molecule has 0 spiro atoms. The molecule has 1 unspecified atom stereocenters. The molecule has 78 valence electrons. The monoisotopic (exact) mass is 201 g/mol. The lowest BCUT2D eigenvalue weighted by atomic mass is 9.93. The van der Waals surface area contributed by atoms with Gasteiger partial charge in [-0.25, -0.2) is 0 Å². The minimum Gasteiger partial charge on any atom is -0.298 e. The molecule has 0 aliphatic carbocycles. The molecule has 0 amide bonds. The van der Waals surface area contributed by atoms with E-state index in [1.807, 2.05) is 38.1 Å². The average Bonchev–Trinajstić information content (AvgIpc) is 2.22. The maximum absolute atomic E-state index is 11.6. The number of hydrogen-bond donors (Lipinski definition) is 0. The second-order valence-electron chi connectivity index (χ2n) is 3.69. The van der Waals surface area contributed by atoms with Crippen molar-refractivity contribution in [1.82, 2.24) is 0 Å². The number of benzene rings is 1. The summed E-state index contributed by atoms with van der Waals surface area (Å²) < 4.78 is 0. The molecule has 0 fully saturated rings. The van der Waals surface area contributed by atoms with Crippen molar-refractivity contribution in [2.75, 3.05) is 0 Å². The van der Waals surface area contributed by atoms with E-state index in [1.54, 1.807) is 0 Å². The number of carbonyl (C=O) groups is 1. The van der Waals surface area contributed by atoms with Crippen LogP contribution in [0.25, 0.3) is 0 Å². The molecule has 0 aliphatic heterocycles. The Morgan fingerprint density at radius 2 is 2.00 bits per heavy atom. The zero-order chi connectivity index (χ0) is 11.3. The Balaban J connectivity index is 2.89. The van der Waals surface area contributed by atoms with Gasteiger partial charge in [0.1, 0.15) is 5.92 Å². The van der Waals surface area contributed by atoms with Gasteiger partial charge in [-0.1, -0.05) is 36.8 Å². The molecule has 1 aromatic carbocycles. The van der Waals surface area contributed by atoms with Gasteiger partial charge in [-0.2, -0.15) is 5.26 Å². The van der Waals surface area contributed by atoms with Gasteiger partial charge in [0, 0.05) is 6.42 Å². The zero-order valence-corrected chi connectivity index (χ0v) is 9.16. The summed E-state index contributed by atoms with van der Waals surface area (Å²) in [6, 6.07) is 9.65. The highest BCUT2D eigenvalue weighted by Crippen LogP contribution is 2.18. The van der Waals surface area contributed by atoms with Crippen LogP contribution < -0.4 is 0 Å². The smallest absolute Gasteiger partial charge is 0.154 e. The van der Waals surface area contributed by atoms with Crippen molar-refractivity contribution in [3.05, 3.63) is 35.4 Å². The largest absolute Gasteiger partial charge is 0.298 e. The molecule has 2 nitrogen and oxygen atoms in total. The van der Waals surface area contributed by atoms with Crippen LogP contribution in [-0.4, -0.2) is 5.78 Å². The number of nitrogens with zero attached hydrogens (tertiary/aromatic N) is 1. The van der Waals surface area contributed by atoms with Crippen molar-refractivity contribution in [2.24, 2.45) is 0 Å². The summed E-state index contributed by atoms with van der Waals surface area (Å²) in [5.74, 6) is -0.575.